The maximum atomic E-state index is 13.3. The Balaban J connectivity index is 1.80. The van der Waals surface area contributed by atoms with Gasteiger partial charge in [0.1, 0.15) is 11.5 Å². The molecule has 0 bridgehead atoms. The third-order valence-corrected chi connectivity index (χ3v) is 6.74. The number of esters is 1. The third kappa shape index (κ3) is 2.69. The number of cyclic esters (lactones) is 1. The van der Waals surface area contributed by atoms with Gasteiger partial charge in [-0.1, -0.05) is 66.7 Å². The van der Waals surface area contributed by atoms with Crippen LogP contribution in [0.2, 0.25) is 0 Å². The average Bonchev–Trinajstić information content (AvgIpc) is 3.20. The lowest BCUT2D eigenvalue weighted by atomic mass is 9.76. The van der Waals surface area contributed by atoms with Crippen LogP contribution in [0.3, 0.4) is 0 Å². The van der Waals surface area contributed by atoms with Crippen LogP contribution in [0.15, 0.2) is 97.1 Å². The number of hydrogen-bond acceptors (Lipinski definition) is 4. The second-order valence-electron chi connectivity index (χ2n) is 8.34. The molecule has 0 N–H and O–H groups in total. The zero-order chi connectivity index (χ0) is 23.3. The van der Waals surface area contributed by atoms with E-state index in [2.05, 4.69) is 12.1 Å². The van der Waals surface area contributed by atoms with Crippen molar-refractivity contribution in [3.63, 3.8) is 0 Å². The number of rotatable bonds is 4. The molecule has 0 saturated heterocycles. The lowest BCUT2D eigenvalue weighted by Crippen LogP contribution is -2.30. The highest BCUT2D eigenvalue weighted by molar-refractivity contribution is 6.02. The smallest absolute Gasteiger partial charge is 0.340 e. The summed E-state index contributed by atoms with van der Waals surface area (Å²) in [5.41, 5.74) is 2.04. The second-order valence-corrected chi connectivity index (χ2v) is 8.34. The molecule has 0 atom stereocenters. The minimum Gasteiger partial charge on any atom is -0.496 e. The van der Waals surface area contributed by atoms with Crippen molar-refractivity contribution < 1.29 is 19.0 Å². The molecule has 4 nitrogen and oxygen atoms in total. The molecule has 1 heterocycles. The number of carbonyl (C=O) groups is 1. The van der Waals surface area contributed by atoms with Crippen LogP contribution in [0.1, 0.15) is 27.0 Å². The molecule has 0 spiro atoms. The number of benzene rings is 5. The summed E-state index contributed by atoms with van der Waals surface area (Å²) in [5, 5.41) is 3.85. The monoisotopic (exact) mass is 446 g/mol. The molecule has 0 aromatic heterocycles. The van der Waals surface area contributed by atoms with Gasteiger partial charge in [-0.2, -0.15) is 0 Å². The van der Waals surface area contributed by atoms with Gasteiger partial charge in [-0.25, -0.2) is 4.79 Å². The molecule has 6 rings (SSSR count). The highest BCUT2D eigenvalue weighted by atomic mass is 16.6. The Morgan fingerprint density at radius 3 is 1.56 bits per heavy atom. The van der Waals surface area contributed by atoms with Crippen molar-refractivity contribution in [3.05, 3.63) is 119 Å². The quantitative estimate of drug-likeness (QED) is 0.297. The molecular weight excluding hydrogens is 424 g/mol. The van der Waals surface area contributed by atoms with Crippen molar-refractivity contribution in [1.29, 1.82) is 0 Å². The average molecular weight is 447 g/mol. The van der Waals surface area contributed by atoms with Gasteiger partial charge in [0.2, 0.25) is 0 Å². The molecule has 0 radical (unpaired) electrons. The van der Waals surface area contributed by atoms with Crippen LogP contribution in [0.25, 0.3) is 21.5 Å². The van der Waals surface area contributed by atoms with Crippen LogP contribution >= 0.6 is 0 Å². The SMILES string of the molecule is COc1ccc(C2(c3ccc(OC)c4ccccc34)OC(=O)c3ccccc32)c2ccccc12. The molecule has 0 saturated carbocycles. The van der Waals surface area contributed by atoms with E-state index in [0.717, 1.165) is 49.7 Å². The Morgan fingerprint density at radius 1 is 0.559 bits per heavy atom. The van der Waals surface area contributed by atoms with Crippen LogP contribution in [-0.4, -0.2) is 20.2 Å². The van der Waals surface area contributed by atoms with Gasteiger partial charge in [0.05, 0.1) is 19.8 Å². The van der Waals surface area contributed by atoms with E-state index in [-0.39, 0.29) is 5.97 Å². The molecule has 1 aliphatic heterocycles. The summed E-state index contributed by atoms with van der Waals surface area (Å²) in [4.78, 5) is 13.3. The predicted molar refractivity (Wildman–Crippen MR) is 133 cm³/mol. The van der Waals surface area contributed by atoms with Gasteiger partial charge in [0.15, 0.2) is 5.60 Å². The largest absolute Gasteiger partial charge is 0.496 e. The molecule has 34 heavy (non-hydrogen) atoms. The Hall–Kier alpha value is -4.31. The van der Waals surface area contributed by atoms with Crippen molar-refractivity contribution in [2.24, 2.45) is 0 Å². The van der Waals surface area contributed by atoms with Gasteiger partial charge in [-0.3, -0.25) is 0 Å². The van der Waals surface area contributed by atoms with Gasteiger partial charge in [-0.15, -0.1) is 0 Å². The topological polar surface area (TPSA) is 44.8 Å². The Bertz CT molecular complexity index is 1500. The predicted octanol–water partition coefficient (Wildman–Crippen LogP) is 6.47. The van der Waals surface area contributed by atoms with E-state index in [1.807, 2.05) is 84.9 Å². The molecule has 0 aliphatic carbocycles. The normalized spacial score (nSPS) is 14.1. The zero-order valence-corrected chi connectivity index (χ0v) is 18.9. The minimum atomic E-state index is -1.13. The van der Waals surface area contributed by atoms with Crippen molar-refractivity contribution in [3.8, 4) is 11.5 Å². The van der Waals surface area contributed by atoms with E-state index in [0.29, 0.717) is 5.56 Å². The summed E-state index contributed by atoms with van der Waals surface area (Å²) >= 11 is 0. The minimum absolute atomic E-state index is 0.338. The van der Waals surface area contributed by atoms with Gasteiger partial charge < -0.3 is 14.2 Å². The summed E-state index contributed by atoms with van der Waals surface area (Å²) in [6.07, 6.45) is 0. The number of fused-ring (bicyclic) bond motifs is 3. The third-order valence-electron chi connectivity index (χ3n) is 6.74. The van der Waals surface area contributed by atoms with E-state index >= 15 is 0 Å². The van der Waals surface area contributed by atoms with Crippen LogP contribution in [-0.2, 0) is 10.3 Å². The summed E-state index contributed by atoms with van der Waals surface area (Å²) < 4.78 is 17.7. The Labute approximate surface area is 197 Å². The molecule has 0 amide bonds. The molecule has 0 fully saturated rings. The summed E-state index contributed by atoms with van der Waals surface area (Å²) in [7, 11) is 3.33. The summed E-state index contributed by atoms with van der Waals surface area (Å²) in [6, 6.07) is 31.7. The Morgan fingerprint density at radius 2 is 1.03 bits per heavy atom. The lowest BCUT2D eigenvalue weighted by Gasteiger charge is -2.33. The van der Waals surface area contributed by atoms with Crippen molar-refractivity contribution >= 4 is 27.5 Å². The summed E-state index contributed by atoms with van der Waals surface area (Å²) in [6.45, 7) is 0. The van der Waals surface area contributed by atoms with E-state index in [9.17, 15) is 4.79 Å². The van der Waals surface area contributed by atoms with Crippen molar-refractivity contribution in [1.82, 2.24) is 0 Å². The molecule has 1 aliphatic rings. The fraction of sp³-hybridized carbons (Fsp3) is 0.100. The number of hydrogen-bond donors (Lipinski definition) is 0. The first-order valence-electron chi connectivity index (χ1n) is 11.1. The number of methoxy groups -OCH3 is 2. The fourth-order valence-electron chi connectivity index (χ4n) is 5.28. The molecule has 166 valence electrons. The first-order valence-corrected chi connectivity index (χ1v) is 11.1. The van der Waals surface area contributed by atoms with Crippen LogP contribution < -0.4 is 9.47 Å². The van der Waals surface area contributed by atoms with Gasteiger partial charge in [0, 0.05) is 27.5 Å². The molecule has 4 heteroatoms. The standard InChI is InChI=1S/C30H22O4/c1-32-27-17-15-25(19-9-3-5-11-21(19)27)30(24-14-8-7-13-23(24)29(31)34-30)26-16-18-28(33-2)22-12-6-4-10-20(22)26/h3-18H,1-2H3. The molecular formula is C30H22O4. The van der Waals surface area contributed by atoms with Crippen LogP contribution in [0, 0.1) is 0 Å². The summed E-state index contributed by atoms with van der Waals surface area (Å²) in [5.74, 6) is 1.20. The Kier molecular flexibility index (Phi) is 4.56. The lowest BCUT2D eigenvalue weighted by molar-refractivity contribution is 0.0260. The van der Waals surface area contributed by atoms with Crippen LogP contribution in [0.4, 0.5) is 0 Å². The van der Waals surface area contributed by atoms with Crippen LogP contribution in [0.5, 0.6) is 11.5 Å². The van der Waals surface area contributed by atoms with E-state index in [4.69, 9.17) is 14.2 Å². The first-order chi connectivity index (χ1) is 16.7. The maximum absolute atomic E-state index is 13.3. The molecule has 5 aromatic rings. The van der Waals surface area contributed by atoms with E-state index < -0.39 is 5.60 Å². The molecule has 5 aromatic carbocycles. The maximum Gasteiger partial charge on any atom is 0.340 e. The van der Waals surface area contributed by atoms with Gasteiger partial charge in [0.25, 0.3) is 0 Å². The van der Waals surface area contributed by atoms with E-state index in [1.54, 1.807) is 14.2 Å². The zero-order valence-electron chi connectivity index (χ0n) is 18.9. The molecule has 0 unspecified atom stereocenters. The van der Waals surface area contributed by atoms with Gasteiger partial charge >= 0.3 is 5.97 Å². The first kappa shape index (κ1) is 20.3. The number of ether oxygens (including phenoxy) is 3. The van der Waals surface area contributed by atoms with E-state index in [1.165, 1.54) is 0 Å². The fourth-order valence-corrected chi connectivity index (χ4v) is 5.28. The highest BCUT2D eigenvalue weighted by Crippen LogP contribution is 2.52. The highest BCUT2D eigenvalue weighted by Gasteiger charge is 2.50. The van der Waals surface area contributed by atoms with Crippen molar-refractivity contribution in [2.45, 2.75) is 5.60 Å². The number of carbonyl (C=O) groups excluding carboxylic acids is 1. The van der Waals surface area contributed by atoms with Gasteiger partial charge in [-0.05, 0) is 41.1 Å². The second kappa shape index (κ2) is 7.63. The van der Waals surface area contributed by atoms with Crippen molar-refractivity contribution in [2.75, 3.05) is 14.2 Å².